The van der Waals surface area contributed by atoms with E-state index in [0.717, 1.165) is 12.0 Å². The summed E-state index contributed by atoms with van der Waals surface area (Å²) in [5, 5.41) is 0. The number of fused-ring (bicyclic) bond motifs is 1. The minimum absolute atomic E-state index is 0.0411. The highest BCUT2D eigenvalue weighted by molar-refractivity contribution is 5.79. The maximum Gasteiger partial charge on any atom is 0.319 e. The maximum absolute atomic E-state index is 12.8. The Bertz CT molecular complexity index is 761. The molecule has 5 heteroatoms. The van der Waals surface area contributed by atoms with Crippen LogP contribution in [0, 0.1) is 0 Å². The summed E-state index contributed by atoms with van der Waals surface area (Å²) in [6.45, 7) is 2.18. The summed E-state index contributed by atoms with van der Waals surface area (Å²) in [5.41, 5.74) is 3.58. The molecule has 0 saturated carbocycles. The van der Waals surface area contributed by atoms with Gasteiger partial charge in [-0.3, -0.25) is 14.5 Å². The van der Waals surface area contributed by atoms with E-state index < -0.39 is 0 Å². The van der Waals surface area contributed by atoms with Crippen molar-refractivity contribution < 1.29 is 14.3 Å². The third-order valence-corrected chi connectivity index (χ3v) is 4.67. The molecule has 2 aromatic rings. The standard InChI is InChI=1S/C21H24N2O3/c1-26-21(25)16-22(13-17-7-3-2-4-8-17)15-20(24)23-12-11-18-9-5-6-10-19(18)14-23/h2-10H,11-16H2,1H3. The van der Waals surface area contributed by atoms with E-state index in [1.807, 2.05) is 52.3 Å². The third-order valence-electron chi connectivity index (χ3n) is 4.67. The fourth-order valence-electron chi connectivity index (χ4n) is 3.26. The number of hydrogen-bond donors (Lipinski definition) is 0. The van der Waals surface area contributed by atoms with Gasteiger partial charge < -0.3 is 9.64 Å². The number of ether oxygens (including phenoxy) is 1. The molecule has 0 aliphatic carbocycles. The number of methoxy groups -OCH3 is 1. The minimum atomic E-state index is -0.335. The summed E-state index contributed by atoms with van der Waals surface area (Å²) in [7, 11) is 1.37. The predicted octanol–water partition coefficient (Wildman–Crippen LogP) is 2.25. The van der Waals surface area contributed by atoms with Crippen LogP contribution in [0.25, 0.3) is 0 Å². The van der Waals surface area contributed by atoms with Crippen molar-refractivity contribution in [3.63, 3.8) is 0 Å². The van der Waals surface area contributed by atoms with Crippen LogP contribution in [0.15, 0.2) is 54.6 Å². The van der Waals surface area contributed by atoms with Gasteiger partial charge in [0.05, 0.1) is 20.2 Å². The van der Waals surface area contributed by atoms with Crippen molar-refractivity contribution in [2.24, 2.45) is 0 Å². The lowest BCUT2D eigenvalue weighted by molar-refractivity contribution is -0.143. The molecular formula is C21H24N2O3. The number of amides is 1. The molecule has 0 bridgehead atoms. The number of benzene rings is 2. The third kappa shape index (κ3) is 4.70. The number of nitrogens with zero attached hydrogens (tertiary/aromatic N) is 2. The molecular weight excluding hydrogens is 328 g/mol. The van der Waals surface area contributed by atoms with E-state index in [4.69, 9.17) is 4.74 Å². The number of carbonyl (C=O) groups excluding carboxylic acids is 2. The molecule has 1 aliphatic rings. The highest BCUT2D eigenvalue weighted by Gasteiger charge is 2.23. The van der Waals surface area contributed by atoms with Gasteiger partial charge in [0.2, 0.25) is 5.91 Å². The summed E-state index contributed by atoms with van der Waals surface area (Å²) in [6, 6.07) is 18.1. The van der Waals surface area contributed by atoms with Gasteiger partial charge in [0.15, 0.2) is 0 Å². The van der Waals surface area contributed by atoms with Crippen molar-refractivity contribution in [3.8, 4) is 0 Å². The van der Waals surface area contributed by atoms with E-state index in [2.05, 4.69) is 12.1 Å². The second-order valence-electron chi connectivity index (χ2n) is 6.54. The zero-order valence-corrected chi connectivity index (χ0v) is 15.1. The SMILES string of the molecule is COC(=O)CN(CC(=O)N1CCc2ccccc2C1)Cc1ccccc1. The fraction of sp³-hybridized carbons (Fsp3) is 0.333. The topological polar surface area (TPSA) is 49.9 Å². The van der Waals surface area contributed by atoms with Gasteiger partial charge in [-0.25, -0.2) is 0 Å². The van der Waals surface area contributed by atoms with Crippen LogP contribution in [0.3, 0.4) is 0 Å². The Labute approximate surface area is 154 Å². The Hall–Kier alpha value is -2.66. The molecule has 5 nitrogen and oxygen atoms in total. The van der Waals surface area contributed by atoms with E-state index in [0.29, 0.717) is 19.6 Å². The largest absolute Gasteiger partial charge is 0.468 e. The molecule has 0 radical (unpaired) electrons. The van der Waals surface area contributed by atoms with Gasteiger partial charge in [-0.2, -0.15) is 0 Å². The summed E-state index contributed by atoms with van der Waals surface area (Å²) in [4.78, 5) is 28.3. The first kappa shape index (κ1) is 18.1. The van der Waals surface area contributed by atoms with Crippen molar-refractivity contribution in [2.75, 3.05) is 26.7 Å². The summed E-state index contributed by atoms with van der Waals surface area (Å²) in [5.74, 6) is -0.294. The molecule has 1 heterocycles. The second kappa shape index (κ2) is 8.63. The molecule has 0 atom stereocenters. The molecule has 26 heavy (non-hydrogen) atoms. The van der Waals surface area contributed by atoms with E-state index in [9.17, 15) is 9.59 Å². The molecule has 0 spiro atoms. The van der Waals surface area contributed by atoms with Crippen LogP contribution in [0.5, 0.6) is 0 Å². The number of rotatable bonds is 6. The van der Waals surface area contributed by atoms with Gasteiger partial charge in [0.25, 0.3) is 0 Å². The van der Waals surface area contributed by atoms with E-state index >= 15 is 0 Å². The second-order valence-corrected chi connectivity index (χ2v) is 6.54. The number of esters is 1. The van der Waals surface area contributed by atoms with Crippen molar-refractivity contribution in [2.45, 2.75) is 19.5 Å². The first-order valence-electron chi connectivity index (χ1n) is 8.83. The van der Waals surface area contributed by atoms with Gasteiger partial charge in [-0.05, 0) is 23.1 Å². The van der Waals surface area contributed by atoms with Crippen LogP contribution in [0.4, 0.5) is 0 Å². The van der Waals surface area contributed by atoms with Gasteiger partial charge in [0.1, 0.15) is 0 Å². The first-order chi connectivity index (χ1) is 12.7. The normalized spacial score (nSPS) is 13.4. The van der Waals surface area contributed by atoms with Gasteiger partial charge in [0, 0.05) is 19.6 Å². The van der Waals surface area contributed by atoms with Crippen LogP contribution in [-0.4, -0.2) is 48.4 Å². The van der Waals surface area contributed by atoms with E-state index in [-0.39, 0.29) is 25.0 Å². The van der Waals surface area contributed by atoms with Crippen molar-refractivity contribution in [1.82, 2.24) is 9.80 Å². The fourth-order valence-corrected chi connectivity index (χ4v) is 3.26. The molecule has 0 fully saturated rings. The molecule has 0 saturated heterocycles. The van der Waals surface area contributed by atoms with Crippen molar-refractivity contribution in [3.05, 3.63) is 71.3 Å². The summed E-state index contributed by atoms with van der Waals surface area (Å²) >= 11 is 0. The summed E-state index contributed by atoms with van der Waals surface area (Å²) < 4.78 is 4.79. The molecule has 1 amide bonds. The van der Waals surface area contributed by atoms with Gasteiger partial charge >= 0.3 is 5.97 Å². The van der Waals surface area contributed by atoms with Gasteiger partial charge in [-0.15, -0.1) is 0 Å². The minimum Gasteiger partial charge on any atom is -0.468 e. The Morgan fingerprint density at radius 3 is 2.42 bits per heavy atom. The molecule has 1 aliphatic heterocycles. The van der Waals surface area contributed by atoms with Crippen LogP contribution in [0.2, 0.25) is 0 Å². The molecule has 0 unspecified atom stereocenters. The monoisotopic (exact) mass is 352 g/mol. The average Bonchev–Trinajstić information content (AvgIpc) is 2.68. The average molecular weight is 352 g/mol. The molecule has 0 aromatic heterocycles. The van der Waals surface area contributed by atoms with Crippen LogP contribution >= 0.6 is 0 Å². The summed E-state index contributed by atoms with van der Waals surface area (Å²) in [6.07, 6.45) is 0.873. The van der Waals surface area contributed by atoms with Crippen LogP contribution in [-0.2, 0) is 33.8 Å². The number of carbonyl (C=O) groups is 2. The highest BCUT2D eigenvalue weighted by Crippen LogP contribution is 2.18. The lowest BCUT2D eigenvalue weighted by Crippen LogP contribution is -2.44. The smallest absolute Gasteiger partial charge is 0.319 e. The molecule has 0 N–H and O–H groups in total. The highest BCUT2D eigenvalue weighted by atomic mass is 16.5. The lowest BCUT2D eigenvalue weighted by Gasteiger charge is -2.31. The Morgan fingerprint density at radius 2 is 1.69 bits per heavy atom. The first-order valence-corrected chi connectivity index (χ1v) is 8.83. The zero-order valence-electron chi connectivity index (χ0n) is 15.1. The van der Waals surface area contributed by atoms with Crippen LogP contribution < -0.4 is 0 Å². The Balaban J connectivity index is 1.66. The van der Waals surface area contributed by atoms with E-state index in [1.165, 1.54) is 18.2 Å². The molecule has 2 aromatic carbocycles. The maximum atomic E-state index is 12.8. The number of hydrogen-bond acceptors (Lipinski definition) is 4. The zero-order chi connectivity index (χ0) is 18.4. The Kier molecular flexibility index (Phi) is 6.02. The molecule has 136 valence electrons. The van der Waals surface area contributed by atoms with Crippen molar-refractivity contribution >= 4 is 11.9 Å². The molecule has 3 rings (SSSR count). The Morgan fingerprint density at radius 1 is 1.00 bits per heavy atom. The van der Waals surface area contributed by atoms with E-state index in [1.54, 1.807) is 0 Å². The quantitative estimate of drug-likeness (QED) is 0.748. The van der Waals surface area contributed by atoms with Crippen LogP contribution in [0.1, 0.15) is 16.7 Å². The lowest BCUT2D eigenvalue weighted by atomic mass is 10.00. The van der Waals surface area contributed by atoms with Crippen molar-refractivity contribution in [1.29, 1.82) is 0 Å². The predicted molar refractivity (Wildman–Crippen MR) is 99.3 cm³/mol. The van der Waals surface area contributed by atoms with Gasteiger partial charge in [-0.1, -0.05) is 54.6 Å².